The number of halogens is 1. The predicted molar refractivity (Wildman–Crippen MR) is 66.7 cm³/mol. The molecular formula is C14H16FNO. The number of carbonyl (C=O) groups excluding carboxylic acids is 1. The largest absolute Gasteiger partial charge is 0.360 e. The van der Waals surface area contributed by atoms with E-state index in [1.165, 1.54) is 6.07 Å². The molecule has 0 radical (unpaired) electrons. The van der Waals surface area contributed by atoms with Gasteiger partial charge in [0.2, 0.25) is 0 Å². The Morgan fingerprint density at radius 2 is 2.18 bits per heavy atom. The van der Waals surface area contributed by atoms with E-state index in [1.54, 1.807) is 18.3 Å². The predicted octanol–water partition coefficient (Wildman–Crippen LogP) is 3.93. The first-order chi connectivity index (χ1) is 8.09. The topological polar surface area (TPSA) is 32.9 Å². The van der Waals surface area contributed by atoms with Gasteiger partial charge in [-0.3, -0.25) is 4.79 Å². The van der Waals surface area contributed by atoms with Gasteiger partial charge in [0, 0.05) is 29.1 Å². The molecule has 17 heavy (non-hydrogen) atoms. The van der Waals surface area contributed by atoms with Crippen LogP contribution >= 0.6 is 0 Å². The summed E-state index contributed by atoms with van der Waals surface area (Å²) in [5.41, 5.74) is 1.15. The molecule has 0 unspecified atom stereocenters. The van der Waals surface area contributed by atoms with E-state index >= 15 is 0 Å². The maximum atomic E-state index is 13.7. The van der Waals surface area contributed by atoms with Gasteiger partial charge < -0.3 is 4.98 Å². The smallest absolute Gasteiger partial charge is 0.165 e. The molecule has 0 atom stereocenters. The molecule has 90 valence electrons. The fourth-order valence-corrected chi connectivity index (χ4v) is 1.91. The molecule has 1 heterocycles. The molecule has 3 heteroatoms. The summed E-state index contributed by atoms with van der Waals surface area (Å²) in [4.78, 5) is 14.9. The van der Waals surface area contributed by atoms with E-state index in [1.807, 2.05) is 0 Å². The van der Waals surface area contributed by atoms with E-state index in [0.29, 0.717) is 28.8 Å². The first-order valence-electron chi connectivity index (χ1n) is 5.88. The second kappa shape index (κ2) is 4.70. The van der Waals surface area contributed by atoms with Crippen LogP contribution in [0.15, 0.2) is 24.4 Å². The van der Waals surface area contributed by atoms with Gasteiger partial charge in [0.25, 0.3) is 0 Å². The molecule has 0 aliphatic heterocycles. The van der Waals surface area contributed by atoms with Crippen LogP contribution in [-0.2, 0) is 0 Å². The Kier molecular flexibility index (Phi) is 3.27. The van der Waals surface area contributed by atoms with E-state index in [-0.39, 0.29) is 11.6 Å². The molecule has 2 rings (SSSR count). The number of hydrogen-bond donors (Lipinski definition) is 1. The molecule has 0 bridgehead atoms. The maximum absolute atomic E-state index is 13.7. The number of carbonyl (C=O) groups is 1. The quantitative estimate of drug-likeness (QED) is 0.797. The summed E-state index contributed by atoms with van der Waals surface area (Å²) in [6.45, 7) is 4.15. The number of H-pyrrole nitrogens is 1. The van der Waals surface area contributed by atoms with Crippen LogP contribution in [0.3, 0.4) is 0 Å². The zero-order chi connectivity index (χ0) is 12.4. The second-order valence-electron chi connectivity index (χ2n) is 4.72. The van der Waals surface area contributed by atoms with E-state index in [9.17, 15) is 9.18 Å². The van der Waals surface area contributed by atoms with Crippen LogP contribution in [0, 0.1) is 11.7 Å². The van der Waals surface area contributed by atoms with Gasteiger partial charge in [0.05, 0.1) is 0 Å². The fourth-order valence-electron chi connectivity index (χ4n) is 1.91. The van der Waals surface area contributed by atoms with Gasteiger partial charge in [-0.2, -0.15) is 0 Å². The Labute approximate surface area is 99.8 Å². The van der Waals surface area contributed by atoms with Crippen molar-refractivity contribution < 1.29 is 9.18 Å². The van der Waals surface area contributed by atoms with E-state index in [0.717, 1.165) is 6.42 Å². The highest BCUT2D eigenvalue weighted by atomic mass is 19.1. The lowest BCUT2D eigenvalue weighted by Gasteiger charge is -2.03. The Hall–Kier alpha value is -1.64. The lowest BCUT2D eigenvalue weighted by molar-refractivity contribution is 0.0977. The van der Waals surface area contributed by atoms with Crippen molar-refractivity contribution in [1.82, 2.24) is 4.98 Å². The minimum Gasteiger partial charge on any atom is -0.360 e. The van der Waals surface area contributed by atoms with Crippen LogP contribution in [-0.4, -0.2) is 10.8 Å². The van der Waals surface area contributed by atoms with Crippen molar-refractivity contribution in [2.45, 2.75) is 26.7 Å². The lowest BCUT2D eigenvalue weighted by atomic mass is 10.0. The van der Waals surface area contributed by atoms with Gasteiger partial charge >= 0.3 is 0 Å². The second-order valence-corrected chi connectivity index (χ2v) is 4.72. The van der Waals surface area contributed by atoms with Crippen LogP contribution in [0.5, 0.6) is 0 Å². The number of Topliss-reactive ketones (excluding diaryl/α,β-unsaturated/α-hetero) is 1. The summed E-state index contributed by atoms with van der Waals surface area (Å²) in [7, 11) is 0. The molecule has 0 fully saturated rings. The number of aromatic amines is 1. The molecule has 0 amide bonds. The average molecular weight is 233 g/mol. The summed E-state index contributed by atoms with van der Waals surface area (Å²) in [5, 5.41) is 0.418. The molecule has 1 aromatic carbocycles. The lowest BCUT2D eigenvalue weighted by Crippen LogP contribution is -2.01. The summed E-state index contributed by atoms with van der Waals surface area (Å²) in [6, 6.07) is 4.80. The summed E-state index contributed by atoms with van der Waals surface area (Å²) in [6.07, 6.45) is 2.91. The zero-order valence-corrected chi connectivity index (χ0v) is 10.1. The highest BCUT2D eigenvalue weighted by Gasteiger charge is 2.15. The summed E-state index contributed by atoms with van der Waals surface area (Å²) in [5.74, 6) is 0.153. The van der Waals surface area contributed by atoms with Gasteiger partial charge in [-0.05, 0) is 24.5 Å². The molecule has 0 aliphatic rings. The van der Waals surface area contributed by atoms with Crippen LogP contribution in [0.2, 0.25) is 0 Å². The Morgan fingerprint density at radius 3 is 2.88 bits per heavy atom. The number of ketones is 1. The molecule has 2 aromatic rings. The van der Waals surface area contributed by atoms with E-state index < -0.39 is 0 Å². The molecule has 0 spiro atoms. The monoisotopic (exact) mass is 233 g/mol. The van der Waals surface area contributed by atoms with Gasteiger partial charge in [-0.15, -0.1) is 0 Å². The van der Waals surface area contributed by atoms with E-state index in [2.05, 4.69) is 18.8 Å². The summed E-state index contributed by atoms with van der Waals surface area (Å²) < 4.78 is 13.7. The van der Waals surface area contributed by atoms with Crippen molar-refractivity contribution in [3.8, 4) is 0 Å². The highest BCUT2D eigenvalue weighted by Crippen LogP contribution is 2.23. The third kappa shape index (κ3) is 2.38. The SMILES string of the molecule is CC(C)CCC(=O)c1c[nH]c2cccc(F)c12. The Balaban J connectivity index is 2.32. The number of fused-ring (bicyclic) bond motifs is 1. The third-order valence-electron chi connectivity index (χ3n) is 2.90. The van der Waals surface area contributed by atoms with Crippen molar-refractivity contribution in [3.63, 3.8) is 0 Å². The third-order valence-corrected chi connectivity index (χ3v) is 2.90. The zero-order valence-electron chi connectivity index (χ0n) is 10.1. The number of benzene rings is 1. The van der Waals surface area contributed by atoms with Crippen LogP contribution < -0.4 is 0 Å². The highest BCUT2D eigenvalue weighted by molar-refractivity contribution is 6.08. The molecular weight excluding hydrogens is 217 g/mol. The van der Waals surface area contributed by atoms with Crippen molar-refractivity contribution in [1.29, 1.82) is 0 Å². The molecule has 1 aromatic heterocycles. The molecule has 0 aliphatic carbocycles. The maximum Gasteiger partial charge on any atom is 0.165 e. The minimum absolute atomic E-state index is 0.00931. The van der Waals surface area contributed by atoms with Gasteiger partial charge in [0.1, 0.15) is 5.82 Å². The summed E-state index contributed by atoms with van der Waals surface area (Å²) >= 11 is 0. The molecule has 0 saturated heterocycles. The Morgan fingerprint density at radius 1 is 1.41 bits per heavy atom. The van der Waals surface area contributed by atoms with Crippen LogP contribution in [0.4, 0.5) is 4.39 Å². The van der Waals surface area contributed by atoms with Gasteiger partial charge in [0.15, 0.2) is 5.78 Å². The average Bonchev–Trinajstić information content (AvgIpc) is 2.71. The van der Waals surface area contributed by atoms with Gasteiger partial charge in [-0.1, -0.05) is 19.9 Å². The van der Waals surface area contributed by atoms with Crippen LogP contribution in [0.1, 0.15) is 37.0 Å². The number of hydrogen-bond acceptors (Lipinski definition) is 1. The standard InChI is InChI=1S/C14H16FNO/c1-9(2)6-7-13(17)10-8-16-12-5-3-4-11(15)14(10)12/h3-5,8-9,16H,6-7H2,1-2H3. The minimum atomic E-state index is -0.336. The number of nitrogens with one attached hydrogen (secondary N) is 1. The van der Waals surface area contributed by atoms with Gasteiger partial charge in [-0.25, -0.2) is 4.39 Å². The molecule has 2 nitrogen and oxygen atoms in total. The first kappa shape index (κ1) is 11.8. The number of aromatic nitrogens is 1. The normalized spacial score (nSPS) is 11.3. The van der Waals surface area contributed by atoms with Crippen molar-refractivity contribution in [2.75, 3.05) is 0 Å². The van der Waals surface area contributed by atoms with Crippen molar-refractivity contribution in [3.05, 3.63) is 35.8 Å². The molecule has 1 N–H and O–H groups in total. The van der Waals surface area contributed by atoms with Crippen molar-refractivity contribution in [2.24, 2.45) is 5.92 Å². The Bertz CT molecular complexity index is 542. The number of rotatable bonds is 4. The fraction of sp³-hybridized carbons (Fsp3) is 0.357. The first-order valence-corrected chi connectivity index (χ1v) is 5.88. The molecule has 0 saturated carbocycles. The van der Waals surface area contributed by atoms with Crippen molar-refractivity contribution >= 4 is 16.7 Å². The van der Waals surface area contributed by atoms with Crippen LogP contribution in [0.25, 0.3) is 10.9 Å². The van der Waals surface area contributed by atoms with E-state index in [4.69, 9.17) is 0 Å².